The summed E-state index contributed by atoms with van der Waals surface area (Å²) in [5.74, 6) is 0. The molecule has 0 unspecified atom stereocenters. The second-order valence-electron chi connectivity index (χ2n) is 8.74. The largest absolute Gasteiger partial charge is 0.326 e. The van der Waals surface area contributed by atoms with Crippen LogP contribution in [-0.4, -0.2) is 0 Å². The lowest BCUT2D eigenvalue weighted by molar-refractivity contribution is 0.571. The number of hydrogen-bond donors (Lipinski definition) is 1. The van der Waals surface area contributed by atoms with Crippen molar-refractivity contribution < 1.29 is 0 Å². The highest BCUT2D eigenvalue weighted by Gasteiger charge is 2.27. The molecule has 0 bridgehead atoms. The van der Waals surface area contributed by atoms with E-state index < -0.39 is 0 Å². The van der Waals surface area contributed by atoms with Crippen molar-refractivity contribution in [1.29, 1.82) is 0 Å². The van der Waals surface area contributed by atoms with Crippen LogP contribution >= 0.6 is 0 Å². The highest BCUT2D eigenvalue weighted by atomic mass is 14.5. The lowest BCUT2D eigenvalue weighted by Gasteiger charge is -2.32. The van der Waals surface area contributed by atoms with E-state index in [-0.39, 0.29) is 10.8 Å². The van der Waals surface area contributed by atoms with Crippen LogP contribution < -0.4 is 5.73 Å². The van der Waals surface area contributed by atoms with Gasteiger partial charge >= 0.3 is 0 Å². The molecule has 0 aliphatic rings. The normalized spacial score (nSPS) is 12.5. The lowest BCUT2D eigenvalue weighted by atomic mass is 9.73. The number of rotatable bonds is 3. The van der Waals surface area contributed by atoms with Crippen LogP contribution in [0.4, 0.5) is 0 Å². The molecule has 0 aliphatic heterocycles. The molecule has 0 aliphatic carbocycles. The Kier molecular flexibility index (Phi) is 5.25. The molecule has 2 rings (SSSR count). The summed E-state index contributed by atoms with van der Waals surface area (Å²) in [6, 6.07) is 13.4. The Labute approximate surface area is 148 Å². The quantitative estimate of drug-likeness (QED) is 0.740. The molecule has 1 heteroatoms. The van der Waals surface area contributed by atoms with E-state index in [1.807, 2.05) is 0 Å². The molecule has 0 heterocycles. The highest BCUT2D eigenvalue weighted by molar-refractivity contribution is 5.79. The number of hydrogen-bond acceptors (Lipinski definition) is 1. The Hall–Kier alpha value is -1.60. The average molecular weight is 324 g/mol. The molecule has 0 fully saturated rings. The molecule has 0 saturated carbocycles. The molecule has 2 N–H and O–H groups in total. The predicted molar refractivity (Wildman–Crippen MR) is 107 cm³/mol. The van der Waals surface area contributed by atoms with Crippen molar-refractivity contribution in [2.24, 2.45) is 5.73 Å². The van der Waals surface area contributed by atoms with Gasteiger partial charge in [0.2, 0.25) is 0 Å². The van der Waals surface area contributed by atoms with Crippen molar-refractivity contribution in [1.82, 2.24) is 0 Å². The summed E-state index contributed by atoms with van der Waals surface area (Å²) in [4.78, 5) is 0. The Bertz CT molecular complexity index is 657. The molecule has 0 aromatic heterocycles. The molecular weight excluding hydrogens is 290 g/mol. The van der Waals surface area contributed by atoms with Crippen molar-refractivity contribution in [3.63, 3.8) is 0 Å². The van der Waals surface area contributed by atoms with E-state index in [1.165, 1.54) is 33.4 Å². The predicted octanol–water partition coefficient (Wildman–Crippen LogP) is 5.97. The topological polar surface area (TPSA) is 26.0 Å². The maximum absolute atomic E-state index is 6.13. The van der Waals surface area contributed by atoms with Crippen molar-refractivity contribution in [3.8, 4) is 11.1 Å². The first kappa shape index (κ1) is 18.7. The molecule has 1 nitrogen and oxygen atoms in total. The molecule has 0 saturated heterocycles. The summed E-state index contributed by atoms with van der Waals surface area (Å²) in [6.45, 7) is 16.6. The minimum absolute atomic E-state index is 0.0866. The van der Waals surface area contributed by atoms with Crippen LogP contribution in [-0.2, 0) is 23.8 Å². The van der Waals surface area contributed by atoms with E-state index in [4.69, 9.17) is 5.73 Å². The zero-order chi connectivity index (χ0) is 18.1. The van der Waals surface area contributed by atoms with Crippen molar-refractivity contribution in [3.05, 3.63) is 58.7 Å². The van der Waals surface area contributed by atoms with Crippen LogP contribution in [0.2, 0.25) is 0 Å². The van der Waals surface area contributed by atoms with Gasteiger partial charge in [-0.05, 0) is 50.6 Å². The average Bonchev–Trinajstić information content (AvgIpc) is 2.51. The van der Waals surface area contributed by atoms with Gasteiger partial charge in [0.25, 0.3) is 0 Å². The standard InChI is InChI=1S/C23H33N/c1-8-16-11-9-12-17(15-24)20(16)21-18(22(2,3)4)13-10-14-19(21)23(5,6)7/h9-14H,8,15,24H2,1-7H3. The first-order chi connectivity index (χ1) is 11.1. The Morgan fingerprint density at radius 1 is 0.708 bits per heavy atom. The maximum atomic E-state index is 6.13. The molecular formula is C23H33N. The van der Waals surface area contributed by atoms with Gasteiger partial charge in [-0.15, -0.1) is 0 Å². The lowest BCUT2D eigenvalue weighted by Crippen LogP contribution is -2.20. The van der Waals surface area contributed by atoms with Gasteiger partial charge in [0.1, 0.15) is 0 Å². The minimum Gasteiger partial charge on any atom is -0.326 e. The second kappa shape index (κ2) is 6.72. The summed E-state index contributed by atoms with van der Waals surface area (Å²) < 4.78 is 0. The van der Waals surface area contributed by atoms with Gasteiger partial charge in [0, 0.05) is 6.54 Å². The second-order valence-corrected chi connectivity index (χ2v) is 8.74. The van der Waals surface area contributed by atoms with Crippen LogP contribution in [0.3, 0.4) is 0 Å². The molecule has 0 atom stereocenters. The van der Waals surface area contributed by atoms with Gasteiger partial charge in [0.05, 0.1) is 0 Å². The van der Waals surface area contributed by atoms with Gasteiger partial charge in [-0.2, -0.15) is 0 Å². The maximum Gasteiger partial charge on any atom is 0.0184 e. The summed E-state index contributed by atoms with van der Waals surface area (Å²) in [5, 5.41) is 0. The van der Waals surface area contributed by atoms with Crippen LogP contribution in [0.1, 0.15) is 70.7 Å². The van der Waals surface area contributed by atoms with E-state index >= 15 is 0 Å². The Balaban J connectivity index is 2.98. The van der Waals surface area contributed by atoms with Gasteiger partial charge in [-0.3, -0.25) is 0 Å². The van der Waals surface area contributed by atoms with Crippen molar-refractivity contribution in [2.75, 3.05) is 0 Å². The van der Waals surface area contributed by atoms with E-state index in [0.717, 1.165) is 6.42 Å². The third-order valence-corrected chi connectivity index (χ3v) is 4.77. The minimum atomic E-state index is 0.0866. The molecule has 2 aromatic rings. The monoisotopic (exact) mass is 323 g/mol. The molecule has 130 valence electrons. The molecule has 24 heavy (non-hydrogen) atoms. The van der Waals surface area contributed by atoms with Crippen molar-refractivity contribution >= 4 is 0 Å². The zero-order valence-corrected chi connectivity index (χ0v) is 16.5. The van der Waals surface area contributed by atoms with E-state index in [9.17, 15) is 0 Å². The van der Waals surface area contributed by atoms with Crippen LogP contribution in [0.25, 0.3) is 11.1 Å². The summed E-state index contributed by atoms with van der Waals surface area (Å²) in [6.07, 6.45) is 1.02. The zero-order valence-electron chi connectivity index (χ0n) is 16.5. The third kappa shape index (κ3) is 3.57. The van der Waals surface area contributed by atoms with Crippen LogP contribution in [0.15, 0.2) is 36.4 Å². The fourth-order valence-corrected chi connectivity index (χ4v) is 3.51. The molecule has 0 radical (unpaired) electrons. The summed E-state index contributed by atoms with van der Waals surface area (Å²) >= 11 is 0. The van der Waals surface area contributed by atoms with Crippen LogP contribution in [0.5, 0.6) is 0 Å². The van der Waals surface area contributed by atoms with Crippen LogP contribution in [0, 0.1) is 0 Å². The smallest absolute Gasteiger partial charge is 0.0184 e. The van der Waals surface area contributed by atoms with Gasteiger partial charge in [-0.1, -0.05) is 84.9 Å². The number of aryl methyl sites for hydroxylation is 1. The Morgan fingerprint density at radius 2 is 1.17 bits per heavy atom. The van der Waals surface area contributed by atoms with Gasteiger partial charge in [0.15, 0.2) is 0 Å². The van der Waals surface area contributed by atoms with E-state index in [1.54, 1.807) is 0 Å². The highest BCUT2D eigenvalue weighted by Crippen LogP contribution is 2.43. The molecule has 2 aromatic carbocycles. The first-order valence-corrected chi connectivity index (χ1v) is 9.06. The summed E-state index contributed by atoms with van der Waals surface area (Å²) in [5.41, 5.74) is 14.5. The van der Waals surface area contributed by atoms with Crippen molar-refractivity contribution in [2.45, 2.75) is 72.3 Å². The fourth-order valence-electron chi connectivity index (χ4n) is 3.51. The summed E-state index contributed by atoms with van der Waals surface area (Å²) in [7, 11) is 0. The first-order valence-electron chi connectivity index (χ1n) is 9.06. The molecule has 0 amide bonds. The number of benzene rings is 2. The SMILES string of the molecule is CCc1cccc(CN)c1-c1c(C(C)(C)C)cccc1C(C)(C)C. The van der Waals surface area contributed by atoms with Gasteiger partial charge < -0.3 is 5.73 Å². The van der Waals surface area contributed by atoms with E-state index in [0.29, 0.717) is 6.54 Å². The van der Waals surface area contributed by atoms with Gasteiger partial charge in [-0.25, -0.2) is 0 Å². The van der Waals surface area contributed by atoms with E-state index in [2.05, 4.69) is 84.9 Å². The number of nitrogens with two attached hydrogens (primary N) is 1. The Morgan fingerprint density at radius 3 is 1.58 bits per heavy atom. The fraction of sp³-hybridized carbons (Fsp3) is 0.478. The molecule has 0 spiro atoms. The third-order valence-electron chi connectivity index (χ3n) is 4.77.